The van der Waals surface area contributed by atoms with Crippen LogP contribution in [0.3, 0.4) is 0 Å². The highest BCUT2D eigenvalue weighted by molar-refractivity contribution is 5.65. The van der Waals surface area contributed by atoms with Gasteiger partial charge >= 0.3 is 0 Å². The molecule has 112 valence electrons. The third-order valence-corrected chi connectivity index (χ3v) is 2.62. The van der Waals surface area contributed by atoms with Gasteiger partial charge in [-0.1, -0.05) is 0 Å². The number of ether oxygens (including phenoxy) is 2. The van der Waals surface area contributed by atoms with Crippen LogP contribution in [0.4, 0.5) is 21.7 Å². The zero-order valence-electron chi connectivity index (χ0n) is 11.7. The molecule has 0 aliphatic heterocycles. The Labute approximate surface area is 121 Å². The number of nitrogens with two attached hydrogens (primary N) is 1. The van der Waals surface area contributed by atoms with E-state index in [9.17, 15) is 4.39 Å². The number of hydrogen-bond acceptors (Lipinski definition) is 7. The molecular weight excluding hydrogens is 277 g/mol. The van der Waals surface area contributed by atoms with Gasteiger partial charge in [0, 0.05) is 19.2 Å². The fourth-order valence-electron chi connectivity index (χ4n) is 1.74. The third-order valence-electron chi connectivity index (χ3n) is 2.62. The van der Waals surface area contributed by atoms with E-state index in [1.54, 1.807) is 19.2 Å². The molecule has 1 aromatic carbocycles. The van der Waals surface area contributed by atoms with Crippen LogP contribution in [0.15, 0.2) is 24.3 Å². The maximum absolute atomic E-state index is 13.2. The van der Waals surface area contributed by atoms with Gasteiger partial charge < -0.3 is 20.2 Å². The molecule has 0 saturated heterocycles. The Bertz CT molecular complexity index is 624. The molecule has 1 heterocycles. The summed E-state index contributed by atoms with van der Waals surface area (Å²) < 4.78 is 23.3. The SMILES string of the molecule is COCc1nc(NN)cc(Nc2ccc(F)cc2OC)n1. The molecule has 8 heteroatoms. The first-order valence-electron chi connectivity index (χ1n) is 6.10. The lowest BCUT2D eigenvalue weighted by Gasteiger charge is -2.12. The highest BCUT2D eigenvalue weighted by Gasteiger charge is 2.08. The van der Waals surface area contributed by atoms with E-state index >= 15 is 0 Å². The van der Waals surface area contributed by atoms with Gasteiger partial charge in [-0.2, -0.15) is 0 Å². The molecule has 0 spiro atoms. The molecule has 0 fully saturated rings. The third kappa shape index (κ3) is 3.77. The van der Waals surface area contributed by atoms with Crippen molar-refractivity contribution in [2.75, 3.05) is 25.0 Å². The number of rotatable bonds is 6. The molecular formula is C13H16FN5O2. The Hall–Kier alpha value is -2.45. The van der Waals surface area contributed by atoms with Gasteiger partial charge in [-0.25, -0.2) is 20.2 Å². The number of methoxy groups -OCH3 is 2. The van der Waals surface area contributed by atoms with E-state index < -0.39 is 0 Å². The molecule has 0 aliphatic rings. The largest absolute Gasteiger partial charge is 0.494 e. The summed E-state index contributed by atoms with van der Waals surface area (Å²) in [5.74, 6) is 6.72. The van der Waals surface area contributed by atoms with Crippen LogP contribution in [0.25, 0.3) is 0 Å². The van der Waals surface area contributed by atoms with Crippen LogP contribution < -0.4 is 21.3 Å². The minimum atomic E-state index is -0.385. The molecule has 21 heavy (non-hydrogen) atoms. The molecule has 7 nitrogen and oxygen atoms in total. The van der Waals surface area contributed by atoms with Crippen LogP contribution in [0.1, 0.15) is 5.82 Å². The van der Waals surface area contributed by atoms with Gasteiger partial charge in [0.05, 0.1) is 12.8 Å². The highest BCUT2D eigenvalue weighted by atomic mass is 19.1. The van der Waals surface area contributed by atoms with Crippen LogP contribution >= 0.6 is 0 Å². The maximum Gasteiger partial charge on any atom is 0.158 e. The minimum Gasteiger partial charge on any atom is -0.494 e. The van der Waals surface area contributed by atoms with Crippen molar-refractivity contribution in [1.29, 1.82) is 0 Å². The quantitative estimate of drug-likeness (QED) is 0.552. The summed E-state index contributed by atoms with van der Waals surface area (Å²) in [7, 11) is 3.01. The first kappa shape index (κ1) is 14.9. The molecule has 0 saturated carbocycles. The zero-order valence-corrected chi connectivity index (χ0v) is 11.7. The number of hydrazine groups is 1. The molecule has 0 bridgehead atoms. The molecule has 0 amide bonds. The molecule has 1 aromatic heterocycles. The molecule has 0 aliphatic carbocycles. The second kappa shape index (κ2) is 6.82. The van der Waals surface area contributed by atoms with Crippen molar-refractivity contribution in [2.45, 2.75) is 6.61 Å². The summed E-state index contributed by atoms with van der Waals surface area (Å²) in [5.41, 5.74) is 3.02. The van der Waals surface area contributed by atoms with E-state index in [1.807, 2.05) is 0 Å². The molecule has 0 atom stereocenters. The van der Waals surface area contributed by atoms with Crippen LogP contribution in [0.5, 0.6) is 5.75 Å². The number of nitrogen functional groups attached to an aromatic ring is 1. The molecule has 2 aromatic rings. The molecule has 4 N–H and O–H groups in total. The van der Waals surface area contributed by atoms with Gasteiger partial charge in [-0.15, -0.1) is 0 Å². The van der Waals surface area contributed by atoms with Crippen LogP contribution in [0.2, 0.25) is 0 Å². The fraction of sp³-hybridized carbons (Fsp3) is 0.231. The van der Waals surface area contributed by atoms with Gasteiger partial charge in [0.1, 0.15) is 29.8 Å². The Morgan fingerprint density at radius 1 is 1.19 bits per heavy atom. The topological polar surface area (TPSA) is 94.3 Å². The summed E-state index contributed by atoms with van der Waals surface area (Å²) in [6, 6.07) is 5.77. The number of hydrogen-bond donors (Lipinski definition) is 3. The number of anilines is 3. The number of halogens is 1. The maximum atomic E-state index is 13.2. The Balaban J connectivity index is 2.32. The fourth-order valence-corrected chi connectivity index (χ4v) is 1.74. The first-order valence-corrected chi connectivity index (χ1v) is 6.10. The predicted molar refractivity (Wildman–Crippen MR) is 76.8 cm³/mol. The van der Waals surface area contributed by atoms with Gasteiger partial charge in [-0.05, 0) is 12.1 Å². The van der Waals surface area contributed by atoms with E-state index in [0.717, 1.165) is 0 Å². The number of nitrogens with zero attached hydrogens (tertiary/aromatic N) is 2. The first-order chi connectivity index (χ1) is 10.2. The van der Waals surface area contributed by atoms with E-state index in [1.165, 1.54) is 19.2 Å². The van der Waals surface area contributed by atoms with Crippen molar-refractivity contribution in [1.82, 2.24) is 9.97 Å². The smallest absolute Gasteiger partial charge is 0.158 e. The summed E-state index contributed by atoms with van der Waals surface area (Å²) in [4.78, 5) is 8.41. The predicted octanol–water partition coefficient (Wildman–Crippen LogP) is 1.80. The zero-order chi connectivity index (χ0) is 15.2. The summed E-state index contributed by atoms with van der Waals surface area (Å²) in [5, 5.41) is 3.03. The standard InChI is InChI=1S/C13H16FN5O2/c1-20-7-13-17-11(6-12(18-13)19-15)16-9-4-3-8(14)5-10(9)21-2/h3-6H,7,15H2,1-2H3,(H2,16,17,18,19). The average molecular weight is 293 g/mol. The lowest BCUT2D eigenvalue weighted by atomic mass is 10.3. The summed E-state index contributed by atoms with van der Waals surface area (Å²) >= 11 is 0. The normalized spacial score (nSPS) is 10.3. The van der Waals surface area contributed by atoms with Crippen molar-refractivity contribution in [3.8, 4) is 5.75 Å². The van der Waals surface area contributed by atoms with Crippen molar-refractivity contribution in [2.24, 2.45) is 5.84 Å². The number of benzene rings is 1. The second-order valence-electron chi connectivity index (χ2n) is 4.10. The number of aromatic nitrogens is 2. The minimum absolute atomic E-state index is 0.241. The van der Waals surface area contributed by atoms with Crippen LogP contribution in [0, 0.1) is 5.82 Å². The Kier molecular flexibility index (Phi) is 4.85. The van der Waals surface area contributed by atoms with E-state index in [4.69, 9.17) is 15.3 Å². The lowest BCUT2D eigenvalue weighted by molar-refractivity contribution is 0.178. The van der Waals surface area contributed by atoms with Gasteiger partial charge in [-0.3, -0.25) is 0 Å². The van der Waals surface area contributed by atoms with Crippen LogP contribution in [-0.4, -0.2) is 24.2 Å². The molecule has 2 rings (SSSR count). The monoisotopic (exact) mass is 293 g/mol. The van der Waals surface area contributed by atoms with Gasteiger partial charge in [0.15, 0.2) is 5.82 Å². The van der Waals surface area contributed by atoms with Crippen molar-refractivity contribution >= 4 is 17.3 Å². The van der Waals surface area contributed by atoms with E-state index in [-0.39, 0.29) is 12.4 Å². The Morgan fingerprint density at radius 2 is 1.95 bits per heavy atom. The van der Waals surface area contributed by atoms with E-state index in [0.29, 0.717) is 28.9 Å². The van der Waals surface area contributed by atoms with Gasteiger partial charge in [0.2, 0.25) is 0 Å². The Morgan fingerprint density at radius 3 is 2.62 bits per heavy atom. The van der Waals surface area contributed by atoms with Crippen molar-refractivity contribution in [3.05, 3.63) is 35.9 Å². The summed E-state index contributed by atoms with van der Waals surface area (Å²) in [6.07, 6.45) is 0. The van der Waals surface area contributed by atoms with Crippen molar-refractivity contribution in [3.63, 3.8) is 0 Å². The average Bonchev–Trinajstić information content (AvgIpc) is 2.49. The molecule has 0 unspecified atom stereocenters. The highest BCUT2D eigenvalue weighted by Crippen LogP contribution is 2.28. The van der Waals surface area contributed by atoms with Crippen LogP contribution in [-0.2, 0) is 11.3 Å². The van der Waals surface area contributed by atoms with Gasteiger partial charge in [0.25, 0.3) is 0 Å². The second-order valence-corrected chi connectivity index (χ2v) is 4.10. The van der Waals surface area contributed by atoms with Crippen molar-refractivity contribution < 1.29 is 13.9 Å². The number of nitrogens with one attached hydrogen (secondary N) is 2. The summed E-state index contributed by atoms with van der Waals surface area (Å²) in [6.45, 7) is 0.241. The lowest BCUT2D eigenvalue weighted by Crippen LogP contribution is -2.12. The molecule has 0 radical (unpaired) electrons. The van der Waals surface area contributed by atoms with E-state index in [2.05, 4.69) is 20.7 Å².